The molecule has 0 radical (unpaired) electrons. The molecule has 9 nitrogen and oxygen atoms in total. The maximum Gasteiger partial charge on any atom is 0.319 e. The molecule has 3 heterocycles. The molecule has 0 atom stereocenters. The van der Waals surface area contributed by atoms with Gasteiger partial charge in [-0.05, 0) is 18.9 Å². The van der Waals surface area contributed by atoms with Crippen LogP contribution in [0.3, 0.4) is 0 Å². The molecule has 1 aliphatic rings. The molecule has 1 aliphatic heterocycles. The van der Waals surface area contributed by atoms with Gasteiger partial charge in [-0.15, -0.1) is 0 Å². The van der Waals surface area contributed by atoms with Crippen molar-refractivity contribution in [3.8, 4) is 12.0 Å². The third-order valence-electron chi connectivity index (χ3n) is 3.81. The Balaban J connectivity index is 1.49. The smallest absolute Gasteiger partial charge is 0.319 e. The van der Waals surface area contributed by atoms with Crippen LogP contribution in [-0.4, -0.2) is 56.4 Å². The first-order chi connectivity index (χ1) is 11.7. The molecule has 0 bridgehead atoms. The molecule has 3 rings (SSSR count). The number of piperidine rings is 1. The number of nitriles is 1. The van der Waals surface area contributed by atoms with Crippen molar-refractivity contribution in [2.24, 2.45) is 0 Å². The number of amides is 2. The number of hydrogen-bond donors (Lipinski definition) is 2. The summed E-state index contributed by atoms with van der Waals surface area (Å²) in [5.74, 6) is 0.441. The number of carbonyl (C=O) groups excluding carboxylic acids is 1. The maximum atomic E-state index is 12.1. The Bertz CT molecular complexity index is 715. The Morgan fingerprint density at radius 3 is 2.79 bits per heavy atom. The summed E-state index contributed by atoms with van der Waals surface area (Å²) in [4.78, 5) is 22.3. The minimum Gasteiger partial charge on any atom is -0.335 e. The van der Waals surface area contributed by atoms with Crippen LogP contribution in [0.4, 0.5) is 10.5 Å². The summed E-state index contributed by atoms with van der Waals surface area (Å²) in [5, 5.41) is 18.5. The lowest BCUT2D eigenvalue weighted by molar-refractivity contribution is 0.211. The molecule has 2 amide bonds. The topological polar surface area (TPSA) is 112 Å². The van der Waals surface area contributed by atoms with Gasteiger partial charge in [0.25, 0.3) is 0 Å². The summed E-state index contributed by atoms with van der Waals surface area (Å²) >= 11 is 0. The largest absolute Gasteiger partial charge is 0.335 e. The molecule has 124 valence electrons. The number of nitrogens with one attached hydrogen (secondary N) is 2. The second kappa shape index (κ2) is 7.52. The van der Waals surface area contributed by atoms with Crippen LogP contribution in [0.5, 0.6) is 0 Å². The maximum absolute atomic E-state index is 12.1. The Hall–Kier alpha value is -2.99. The van der Waals surface area contributed by atoms with Gasteiger partial charge in [-0.3, -0.25) is 4.90 Å². The predicted octanol–water partition coefficient (Wildman–Crippen LogP) is 0.772. The van der Waals surface area contributed by atoms with Crippen molar-refractivity contribution in [1.29, 1.82) is 5.26 Å². The lowest BCUT2D eigenvalue weighted by atomic mass is 10.1. The lowest BCUT2D eigenvalue weighted by Gasteiger charge is -2.30. The summed E-state index contributed by atoms with van der Waals surface area (Å²) in [7, 11) is 0. The molecule has 0 aliphatic carbocycles. The zero-order chi connectivity index (χ0) is 16.8. The van der Waals surface area contributed by atoms with Crippen molar-refractivity contribution in [2.75, 3.05) is 25.0 Å². The lowest BCUT2D eigenvalue weighted by Crippen LogP contribution is -2.45. The van der Waals surface area contributed by atoms with Gasteiger partial charge in [-0.25, -0.2) is 19.4 Å². The number of urea groups is 1. The molecule has 2 N–H and O–H groups in total. The van der Waals surface area contributed by atoms with Gasteiger partial charge in [0.15, 0.2) is 0 Å². The van der Waals surface area contributed by atoms with Gasteiger partial charge in [0.05, 0.1) is 30.7 Å². The van der Waals surface area contributed by atoms with E-state index in [1.807, 2.05) is 0 Å². The van der Waals surface area contributed by atoms with E-state index < -0.39 is 0 Å². The van der Waals surface area contributed by atoms with Crippen molar-refractivity contribution >= 4 is 11.7 Å². The van der Waals surface area contributed by atoms with Crippen LogP contribution < -0.4 is 10.6 Å². The molecule has 0 aromatic carbocycles. The molecule has 0 spiro atoms. The monoisotopic (exact) mass is 326 g/mol. The van der Waals surface area contributed by atoms with Crippen LogP contribution in [-0.2, 0) is 0 Å². The van der Waals surface area contributed by atoms with Gasteiger partial charge in [-0.1, -0.05) is 0 Å². The van der Waals surface area contributed by atoms with Gasteiger partial charge < -0.3 is 10.6 Å². The summed E-state index contributed by atoms with van der Waals surface area (Å²) in [5.41, 5.74) is 0.571. The quantitative estimate of drug-likeness (QED) is 0.803. The van der Waals surface area contributed by atoms with E-state index in [0.29, 0.717) is 18.2 Å². The Kier molecular flexibility index (Phi) is 4.98. The highest BCUT2D eigenvalue weighted by molar-refractivity contribution is 5.89. The van der Waals surface area contributed by atoms with Gasteiger partial charge in [0.1, 0.15) is 0 Å². The fraction of sp³-hybridized carbons (Fsp3) is 0.400. The second-order valence-electron chi connectivity index (χ2n) is 5.53. The van der Waals surface area contributed by atoms with Gasteiger partial charge in [0, 0.05) is 31.5 Å². The van der Waals surface area contributed by atoms with Crippen molar-refractivity contribution < 1.29 is 4.79 Å². The average Bonchev–Trinajstić information content (AvgIpc) is 3.06. The molecule has 9 heteroatoms. The first-order valence-electron chi connectivity index (χ1n) is 7.73. The zero-order valence-electron chi connectivity index (χ0n) is 13.1. The number of nitrogens with zero attached hydrogens (tertiary/aromatic N) is 6. The highest BCUT2D eigenvalue weighted by Gasteiger charge is 2.20. The number of hydrogen-bond acceptors (Lipinski definition) is 6. The van der Waals surface area contributed by atoms with Crippen LogP contribution in [0.15, 0.2) is 30.9 Å². The highest BCUT2D eigenvalue weighted by Crippen LogP contribution is 2.11. The van der Waals surface area contributed by atoms with E-state index in [9.17, 15) is 4.79 Å². The first-order valence-corrected chi connectivity index (χ1v) is 7.73. The van der Waals surface area contributed by atoms with E-state index in [2.05, 4.69) is 36.7 Å². The fourth-order valence-electron chi connectivity index (χ4n) is 2.59. The number of anilines is 1. The van der Waals surface area contributed by atoms with Crippen molar-refractivity contribution in [1.82, 2.24) is 30.0 Å². The molecular formula is C15H18N8O. The Labute approximate surface area is 139 Å². The molecule has 0 unspecified atom stereocenters. The fourth-order valence-corrected chi connectivity index (χ4v) is 2.59. The van der Waals surface area contributed by atoms with Crippen molar-refractivity contribution in [3.63, 3.8) is 0 Å². The van der Waals surface area contributed by atoms with Gasteiger partial charge in [0.2, 0.25) is 5.95 Å². The van der Waals surface area contributed by atoms with Gasteiger partial charge >= 0.3 is 6.03 Å². The summed E-state index contributed by atoms with van der Waals surface area (Å²) < 4.78 is 1.50. The van der Waals surface area contributed by atoms with E-state index in [0.717, 1.165) is 25.9 Å². The minimum absolute atomic E-state index is 0.118. The number of rotatable bonds is 4. The van der Waals surface area contributed by atoms with Crippen LogP contribution in [0.1, 0.15) is 12.8 Å². The first kappa shape index (κ1) is 15.9. The van der Waals surface area contributed by atoms with Crippen molar-refractivity contribution in [2.45, 2.75) is 18.9 Å². The molecular weight excluding hydrogens is 308 g/mol. The molecule has 2 aromatic heterocycles. The number of likely N-dealkylation sites (tertiary alicyclic amines) is 1. The minimum atomic E-state index is -0.262. The van der Waals surface area contributed by atoms with Crippen LogP contribution in [0.2, 0.25) is 0 Å². The van der Waals surface area contributed by atoms with E-state index in [4.69, 9.17) is 5.26 Å². The Morgan fingerprint density at radius 1 is 1.33 bits per heavy atom. The standard InChI is InChI=1S/C15H18N8O/c16-4-9-22-7-2-12(3-8-22)20-15(24)21-13-10-19-23(11-13)14-17-5-1-6-18-14/h1,5-6,10-12H,2-3,7-9H2,(H2,20,21,24). The van der Waals surface area contributed by atoms with E-state index in [1.165, 1.54) is 4.68 Å². The molecule has 1 fully saturated rings. The van der Waals surface area contributed by atoms with E-state index in [-0.39, 0.29) is 12.1 Å². The summed E-state index contributed by atoms with van der Waals surface area (Å²) in [6, 6.07) is 3.73. The Morgan fingerprint density at radius 2 is 2.08 bits per heavy atom. The highest BCUT2D eigenvalue weighted by atomic mass is 16.2. The second-order valence-corrected chi connectivity index (χ2v) is 5.53. The van der Waals surface area contributed by atoms with Gasteiger partial charge in [-0.2, -0.15) is 10.4 Å². The normalized spacial score (nSPS) is 15.6. The number of carbonyl (C=O) groups is 1. The van der Waals surface area contributed by atoms with E-state index in [1.54, 1.807) is 30.9 Å². The molecule has 1 saturated heterocycles. The summed E-state index contributed by atoms with van der Waals surface area (Å²) in [6.07, 6.45) is 8.14. The average molecular weight is 326 g/mol. The van der Waals surface area contributed by atoms with Crippen molar-refractivity contribution in [3.05, 3.63) is 30.9 Å². The SMILES string of the molecule is N#CCN1CCC(NC(=O)Nc2cnn(-c3ncccn3)c2)CC1. The molecule has 0 saturated carbocycles. The van der Waals surface area contributed by atoms with Crippen LogP contribution >= 0.6 is 0 Å². The predicted molar refractivity (Wildman–Crippen MR) is 86.4 cm³/mol. The number of aromatic nitrogens is 4. The van der Waals surface area contributed by atoms with Crippen LogP contribution in [0.25, 0.3) is 5.95 Å². The summed E-state index contributed by atoms with van der Waals surface area (Å²) in [6.45, 7) is 2.09. The zero-order valence-corrected chi connectivity index (χ0v) is 13.1. The van der Waals surface area contributed by atoms with E-state index >= 15 is 0 Å². The van der Waals surface area contributed by atoms with Crippen LogP contribution in [0, 0.1) is 11.3 Å². The molecule has 24 heavy (non-hydrogen) atoms. The third kappa shape index (κ3) is 4.05. The molecule has 2 aromatic rings. The third-order valence-corrected chi connectivity index (χ3v) is 3.81.